The summed E-state index contributed by atoms with van der Waals surface area (Å²) in [4.78, 5) is 14.5. The predicted octanol–water partition coefficient (Wildman–Crippen LogP) is 0.233. The smallest absolute Gasteiger partial charge is 0.319 e. The SMILES string of the molecule is C#CC1CN(C)C(=O)N(C)C1. The van der Waals surface area contributed by atoms with Gasteiger partial charge in [-0.15, -0.1) is 6.42 Å². The molecule has 0 N–H and O–H groups in total. The Morgan fingerprint density at radius 3 is 2.27 bits per heavy atom. The van der Waals surface area contributed by atoms with Crippen molar-refractivity contribution in [2.24, 2.45) is 5.92 Å². The summed E-state index contributed by atoms with van der Waals surface area (Å²) in [5.41, 5.74) is 0. The predicted molar refractivity (Wildman–Crippen MR) is 43.0 cm³/mol. The molecule has 3 heteroatoms. The van der Waals surface area contributed by atoms with E-state index in [-0.39, 0.29) is 11.9 Å². The molecule has 11 heavy (non-hydrogen) atoms. The minimum absolute atomic E-state index is 0.0523. The van der Waals surface area contributed by atoms with Crippen LogP contribution < -0.4 is 0 Å². The fraction of sp³-hybridized carbons (Fsp3) is 0.625. The van der Waals surface area contributed by atoms with Gasteiger partial charge in [-0.25, -0.2) is 4.79 Å². The summed E-state index contributed by atoms with van der Waals surface area (Å²) < 4.78 is 0. The van der Waals surface area contributed by atoms with Gasteiger partial charge in [-0.3, -0.25) is 0 Å². The number of amides is 2. The first-order valence-electron chi connectivity index (χ1n) is 3.57. The molecule has 0 bridgehead atoms. The molecule has 1 aliphatic rings. The second kappa shape index (κ2) is 2.83. The largest absolute Gasteiger partial charge is 0.326 e. The molecule has 0 spiro atoms. The summed E-state index contributed by atoms with van der Waals surface area (Å²) in [6, 6.07) is 0.0523. The number of hydrogen-bond donors (Lipinski definition) is 0. The van der Waals surface area contributed by atoms with Crippen molar-refractivity contribution >= 4 is 6.03 Å². The van der Waals surface area contributed by atoms with Crippen LogP contribution in [-0.2, 0) is 0 Å². The van der Waals surface area contributed by atoms with Gasteiger partial charge in [-0.2, -0.15) is 0 Å². The van der Waals surface area contributed by atoms with E-state index >= 15 is 0 Å². The van der Waals surface area contributed by atoms with Crippen molar-refractivity contribution in [3.8, 4) is 12.3 Å². The third-order valence-corrected chi connectivity index (χ3v) is 1.88. The Labute approximate surface area is 67.0 Å². The van der Waals surface area contributed by atoms with Gasteiger partial charge in [0.15, 0.2) is 0 Å². The van der Waals surface area contributed by atoms with Gasteiger partial charge in [-0.05, 0) is 0 Å². The quantitative estimate of drug-likeness (QED) is 0.456. The Balaban J connectivity index is 2.63. The molecule has 2 amide bonds. The van der Waals surface area contributed by atoms with Gasteiger partial charge < -0.3 is 9.80 Å². The van der Waals surface area contributed by atoms with Crippen molar-refractivity contribution in [2.45, 2.75) is 0 Å². The van der Waals surface area contributed by atoms with Gasteiger partial charge in [0.25, 0.3) is 0 Å². The highest BCUT2D eigenvalue weighted by atomic mass is 16.2. The number of nitrogens with zero attached hydrogens (tertiary/aromatic N) is 2. The van der Waals surface area contributed by atoms with Crippen LogP contribution in [0.25, 0.3) is 0 Å². The maximum absolute atomic E-state index is 11.2. The van der Waals surface area contributed by atoms with Crippen LogP contribution in [-0.4, -0.2) is 43.0 Å². The summed E-state index contributed by atoms with van der Waals surface area (Å²) in [5, 5.41) is 0. The third-order valence-electron chi connectivity index (χ3n) is 1.88. The Kier molecular flexibility index (Phi) is 2.04. The molecule has 0 saturated carbocycles. The van der Waals surface area contributed by atoms with E-state index in [9.17, 15) is 4.79 Å². The molecule has 0 aromatic heterocycles. The fourth-order valence-corrected chi connectivity index (χ4v) is 1.27. The lowest BCUT2D eigenvalue weighted by atomic mass is 10.1. The number of carbonyl (C=O) groups excluding carboxylic acids is 1. The van der Waals surface area contributed by atoms with Gasteiger partial charge in [0, 0.05) is 27.2 Å². The van der Waals surface area contributed by atoms with Crippen molar-refractivity contribution < 1.29 is 4.79 Å². The summed E-state index contributed by atoms with van der Waals surface area (Å²) in [6.07, 6.45) is 5.26. The molecule has 60 valence electrons. The lowest BCUT2D eigenvalue weighted by Crippen LogP contribution is -2.49. The topological polar surface area (TPSA) is 23.6 Å². The summed E-state index contributed by atoms with van der Waals surface area (Å²) >= 11 is 0. The van der Waals surface area contributed by atoms with Crippen LogP contribution in [0.4, 0.5) is 4.79 Å². The van der Waals surface area contributed by atoms with Crippen molar-refractivity contribution in [3.63, 3.8) is 0 Å². The van der Waals surface area contributed by atoms with Gasteiger partial charge in [-0.1, -0.05) is 5.92 Å². The molecule has 0 aromatic carbocycles. The molecule has 1 aliphatic heterocycles. The number of terminal acetylenes is 1. The maximum atomic E-state index is 11.2. The lowest BCUT2D eigenvalue weighted by Gasteiger charge is -2.33. The first kappa shape index (κ1) is 7.93. The first-order valence-corrected chi connectivity index (χ1v) is 3.57. The maximum Gasteiger partial charge on any atom is 0.319 e. The summed E-state index contributed by atoms with van der Waals surface area (Å²) in [6.45, 7) is 1.36. The van der Waals surface area contributed by atoms with Gasteiger partial charge in [0.2, 0.25) is 0 Å². The van der Waals surface area contributed by atoms with Crippen molar-refractivity contribution in [2.75, 3.05) is 27.2 Å². The highest BCUT2D eigenvalue weighted by Gasteiger charge is 2.25. The van der Waals surface area contributed by atoms with Crippen LogP contribution in [0, 0.1) is 18.3 Å². The molecule has 0 radical (unpaired) electrons. The Hall–Kier alpha value is -1.17. The zero-order valence-corrected chi connectivity index (χ0v) is 6.87. The average molecular weight is 152 g/mol. The van der Waals surface area contributed by atoms with Gasteiger partial charge >= 0.3 is 6.03 Å². The third kappa shape index (κ3) is 1.45. The Bertz CT molecular complexity index is 193. The summed E-state index contributed by atoms with van der Waals surface area (Å²) in [7, 11) is 3.53. The molecule has 0 aliphatic carbocycles. The second-order valence-electron chi connectivity index (χ2n) is 2.91. The van der Waals surface area contributed by atoms with Crippen LogP contribution >= 0.6 is 0 Å². The van der Waals surface area contributed by atoms with E-state index in [4.69, 9.17) is 6.42 Å². The van der Waals surface area contributed by atoms with E-state index in [1.54, 1.807) is 23.9 Å². The molecule has 1 rings (SSSR count). The number of rotatable bonds is 0. The minimum atomic E-state index is 0.0523. The zero-order chi connectivity index (χ0) is 8.43. The van der Waals surface area contributed by atoms with Crippen molar-refractivity contribution in [1.29, 1.82) is 0 Å². The van der Waals surface area contributed by atoms with E-state index in [0.717, 1.165) is 0 Å². The van der Waals surface area contributed by atoms with Crippen LogP contribution in [0.2, 0.25) is 0 Å². The zero-order valence-electron chi connectivity index (χ0n) is 6.87. The Morgan fingerprint density at radius 2 is 1.91 bits per heavy atom. The van der Waals surface area contributed by atoms with E-state index < -0.39 is 0 Å². The van der Waals surface area contributed by atoms with E-state index in [1.807, 2.05) is 0 Å². The van der Waals surface area contributed by atoms with Gasteiger partial charge in [0.1, 0.15) is 0 Å². The second-order valence-corrected chi connectivity index (χ2v) is 2.91. The molecule has 3 nitrogen and oxygen atoms in total. The number of urea groups is 1. The molecule has 1 heterocycles. The summed E-state index contributed by atoms with van der Waals surface area (Å²) in [5.74, 6) is 2.83. The van der Waals surface area contributed by atoms with Crippen LogP contribution in [0.1, 0.15) is 0 Å². The molecule has 1 fully saturated rings. The fourth-order valence-electron chi connectivity index (χ4n) is 1.27. The molecule has 0 aromatic rings. The average Bonchev–Trinajstić information content (AvgIpc) is 1.99. The molecule has 0 atom stereocenters. The van der Waals surface area contributed by atoms with E-state index in [1.165, 1.54) is 0 Å². The van der Waals surface area contributed by atoms with Crippen molar-refractivity contribution in [3.05, 3.63) is 0 Å². The normalized spacial score (nSPS) is 20.3. The minimum Gasteiger partial charge on any atom is -0.326 e. The van der Waals surface area contributed by atoms with Crippen molar-refractivity contribution in [1.82, 2.24) is 9.80 Å². The monoisotopic (exact) mass is 152 g/mol. The Morgan fingerprint density at radius 1 is 1.45 bits per heavy atom. The highest BCUT2D eigenvalue weighted by Crippen LogP contribution is 2.09. The van der Waals surface area contributed by atoms with E-state index in [2.05, 4.69) is 5.92 Å². The molecular formula is C8H12N2O. The van der Waals surface area contributed by atoms with E-state index in [0.29, 0.717) is 13.1 Å². The molecule has 1 saturated heterocycles. The van der Waals surface area contributed by atoms with Crippen LogP contribution in [0.15, 0.2) is 0 Å². The molecular weight excluding hydrogens is 140 g/mol. The standard InChI is InChI=1S/C8H12N2O/c1-4-7-5-9(2)8(11)10(3)6-7/h1,7H,5-6H2,2-3H3. The molecule has 0 unspecified atom stereocenters. The lowest BCUT2D eigenvalue weighted by molar-refractivity contribution is 0.141. The number of carbonyl (C=O) groups is 1. The van der Waals surface area contributed by atoms with Gasteiger partial charge in [0.05, 0.1) is 5.92 Å². The highest BCUT2D eigenvalue weighted by molar-refractivity contribution is 5.74. The first-order chi connectivity index (χ1) is 5.15. The number of hydrogen-bond acceptors (Lipinski definition) is 1. The van der Waals surface area contributed by atoms with Crippen LogP contribution in [0.5, 0.6) is 0 Å². The van der Waals surface area contributed by atoms with Crippen LogP contribution in [0.3, 0.4) is 0 Å².